The van der Waals surface area contributed by atoms with Crippen LogP contribution in [0.2, 0.25) is 5.02 Å². The SMILES string of the molecule is CC(C)(C)c1nn2nc(-c3ccc([N+](=O)[O-])cc3)[nH]c2c1Cl. The molecular formula is C14H14ClN5O2. The first-order valence-electron chi connectivity index (χ1n) is 6.67. The van der Waals surface area contributed by atoms with Gasteiger partial charge in [0, 0.05) is 23.1 Å². The molecule has 0 radical (unpaired) electrons. The van der Waals surface area contributed by atoms with Crippen molar-refractivity contribution in [3.63, 3.8) is 0 Å². The van der Waals surface area contributed by atoms with Gasteiger partial charge in [-0.05, 0) is 12.1 Å². The second-order valence-corrected chi connectivity index (χ2v) is 6.41. The van der Waals surface area contributed by atoms with Gasteiger partial charge in [0.2, 0.25) is 0 Å². The Kier molecular flexibility index (Phi) is 3.17. The first kappa shape index (κ1) is 14.5. The lowest BCUT2D eigenvalue weighted by Gasteiger charge is -2.14. The monoisotopic (exact) mass is 319 g/mol. The average Bonchev–Trinajstić information content (AvgIpc) is 2.98. The van der Waals surface area contributed by atoms with Crippen LogP contribution in [0, 0.1) is 10.1 Å². The van der Waals surface area contributed by atoms with Crippen LogP contribution >= 0.6 is 11.6 Å². The molecule has 2 heterocycles. The standard InChI is InChI=1S/C14H14ClN5O2/c1-14(2,3)11-10(15)13-16-12(18-19(13)17-11)8-4-6-9(7-5-8)20(21)22/h4-7H,1-3H3,(H,16,18). The zero-order valence-corrected chi connectivity index (χ0v) is 13.0. The Morgan fingerprint density at radius 2 is 1.86 bits per heavy atom. The van der Waals surface area contributed by atoms with Crippen molar-refractivity contribution in [2.75, 3.05) is 0 Å². The van der Waals surface area contributed by atoms with Crippen LogP contribution in [0.15, 0.2) is 24.3 Å². The number of nitrogens with zero attached hydrogens (tertiary/aromatic N) is 4. The molecule has 3 rings (SSSR count). The van der Waals surface area contributed by atoms with Crippen molar-refractivity contribution >= 4 is 22.9 Å². The number of nitrogens with one attached hydrogen (secondary N) is 1. The number of H-pyrrole nitrogens is 1. The number of aromatic nitrogens is 4. The highest BCUT2D eigenvalue weighted by Gasteiger charge is 2.25. The number of halogens is 1. The van der Waals surface area contributed by atoms with E-state index in [1.807, 2.05) is 20.8 Å². The number of nitro benzene ring substituents is 1. The molecule has 0 saturated carbocycles. The van der Waals surface area contributed by atoms with Gasteiger partial charge >= 0.3 is 0 Å². The van der Waals surface area contributed by atoms with Gasteiger partial charge in [-0.2, -0.15) is 5.10 Å². The molecule has 8 heteroatoms. The quantitative estimate of drug-likeness (QED) is 0.577. The van der Waals surface area contributed by atoms with Crippen LogP contribution in [0.25, 0.3) is 17.0 Å². The highest BCUT2D eigenvalue weighted by Crippen LogP contribution is 2.31. The van der Waals surface area contributed by atoms with Crippen LogP contribution in [0.3, 0.4) is 0 Å². The molecule has 0 bridgehead atoms. The molecule has 0 atom stereocenters. The van der Waals surface area contributed by atoms with Crippen LogP contribution in [0.4, 0.5) is 5.69 Å². The Balaban J connectivity index is 2.04. The predicted octanol–water partition coefficient (Wildman–Crippen LogP) is 3.58. The number of rotatable bonds is 2. The smallest absolute Gasteiger partial charge is 0.269 e. The maximum Gasteiger partial charge on any atom is 0.269 e. The highest BCUT2D eigenvalue weighted by atomic mass is 35.5. The molecule has 0 unspecified atom stereocenters. The van der Waals surface area contributed by atoms with Crippen LogP contribution < -0.4 is 0 Å². The van der Waals surface area contributed by atoms with Crippen molar-refractivity contribution in [2.24, 2.45) is 0 Å². The highest BCUT2D eigenvalue weighted by molar-refractivity contribution is 6.34. The van der Waals surface area contributed by atoms with Gasteiger partial charge in [0.25, 0.3) is 5.69 Å². The maximum absolute atomic E-state index is 10.7. The topological polar surface area (TPSA) is 89.1 Å². The van der Waals surface area contributed by atoms with E-state index in [1.165, 1.54) is 16.8 Å². The summed E-state index contributed by atoms with van der Waals surface area (Å²) >= 11 is 6.37. The number of fused-ring (bicyclic) bond motifs is 1. The Morgan fingerprint density at radius 3 is 2.36 bits per heavy atom. The molecule has 2 aromatic heterocycles. The molecular weight excluding hydrogens is 306 g/mol. The fourth-order valence-electron chi connectivity index (χ4n) is 2.15. The average molecular weight is 320 g/mol. The van der Waals surface area contributed by atoms with E-state index in [1.54, 1.807) is 12.1 Å². The van der Waals surface area contributed by atoms with Crippen molar-refractivity contribution in [1.82, 2.24) is 19.8 Å². The first-order chi connectivity index (χ1) is 10.3. The summed E-state index contributed by atoms with van der Waals surface area (Å²) in [6.07, 6.45) is 0. The van der Waals surface area contributed by atoms with Gasteiger partial charge in [-0.1, -0.05) is 32.4 Å². The number of benzene rings is 1. The lowest BCUT2D eigenvalue weighted by molar-refractivity contribution is -0.384. The molecule has 7 nitrogen and oxygen atoms in total. The van der Waals surface area contributed by atoms with E-state index < -0.39 is 4.92 Å². The summed E-state index contributed by atoms with van der Waals surface area (Å²) in [5.41, 5.74) is 1.96. The Hall–Kier alpha value is -2.41. The lowest BCUT2D eigenvalue weighted by atomic mass is 9.92. The summed E-state index contributed by atoms with van der Waals surface area (Å²) in [5, 5.41) is 20.0. The number of hydrogen-bond acceptors (Lipinski definition) is 4. The zero-order valence-electron chi connectivity index (χ0n) is 12.3. The van der Waals surface area contributed by atoms with Crippen molar-refractivity contribution in [3.05, 3.63) is 45.1 Å². The summed E-state index contributed by atoms with van der Waals surface area (Å²) in [5.74, 6) is 0.555. The molecule has 3 aromatic rings. The minimum atomic E-state index is -0.439. The first-order valence-corrected chi connectivity index (χ1v) is 7.05. The molecule has 22 heavy (non-hydrogen) atoms. The second-order valence-electron chi connectivity index (χ2n) is 6.03. The molecule has 0 aliphatic heterocycles. The van der Waals surface area contributed by atoms with Crippen LogP contribution in [-0.4, -0.2) is 24.7 Å². The van der Waals surface area contributed by atoms with E-state index in [0.29, 0.717) is 16.5 Å². The molecule has 0 aliphatic carbocycles. The predicted molar refractivity (Wildman–Crippen MR) is 83.1 cm³/mol. The zero-order chi connectivity index (χ0) is 16.1. The van der Waals surface area contributed by atoms with E-state index in [4.69, 9.17) is 11.6 Å². The van der Waals surface area contributed by atoms with Gasteiger partial charge in [-0.15, -0.1) is 9.73 Å². The summed E-state index contributed by atoms with van der Waals surface area (Å²) in [4.78, 5) is 13.3. The molecule has 0 fully saturated rings. The number of non-ortho nitro benzene ring substituents is 1. The molecule has 1 N–H and O–H groups in total. The lowest BCUT2D eigenvalue weighted by Crippen LogP contribution is -2.12. The molecule has 0 spiro atoms. The van der Waals surface area contributed by atoms with Gasteiger partial charge in [0.05, 0.1) is 10.6 Å². The van der Waals surface area contributed by atoms with Crippen molar-refractivity contribution in [2.45, 2.75) is 26.2 Å². The molecule has 1 aromatic carbocycles. The molecule has 0 amide bonds. The summed E-state index contributed by atoms with van der Waals surface area (Å²) in [6.45, 7) is 6.08. The molecule has 114 valence electrons. The third-order valence-electron chi connectivity index (χ3n) is 3.30. The summed E-state index contributed by atoms with van der Waals surface area (Å²) in [6, 6.07) is 6.13. The van der Waals surface area contributed by atoms with E-state index in [9.17, 15) is 10.1 Å². The largest absolute Gasteiger partial charge is 0.320 e. The van der Waals surface area contributed by atoms with Gasteiger partial charge in [0.15, 0.2) is 11.5 Å². The van der Waals surface area contributed by atoms with Gasteiger partial charge < -0.3 is 4.98 Å². The fraction of sp³-hybridized carbons (Fsp3) is 0.286. The van der Waals surface area contributed by atoms with Gasteiger partial charge in [0.1, 0.15) is 5.02 Å². The van der Waals surface area contributed by atoms with Crippen LogP contribution in [0.1, 0.15) is 26.5 Å². The number of hydrogen-bond donors (Lipinski definition) is 1. The van der Waals surface area contributed by atoms with Gasteiger partial charge in [-0.25, -0.2) is 0 Å². The van der Waals surface area contributed by atoms with E-state index in [0.717, 1.165) is 11.3 Å². The van der Waals surface area contributed by atoms with Gasteiger partial charge in [-0.3, -0.25) is 10.1 Å². The van der Waals surface area contributed by atoms with Crippen LogP contribution in [-0.2, 0) is 5.41 Å². The van der Waals surface area contributed by atoms with E-state index in [-0.39, 0.29) is 11.1 Å². The van der Waals surface area contributed by atoms with Crippen molar-refractivity contribution in [1.29, 1.82) is 0 Å². The molecule has 0 saturated heterocycles. The number of aromatic amines is 1. The Bertz CT molecular complexity index is 858. The normalized spacial score (nSPS) is 12.0. The fourth-order valence-corrected chi connectivity index (χ4v) is 2.59. The number of nitro groups is 1. The minimum absolute atomic E-state index is 0.0353. The maximum atomic E-state index is 10.7. The minimum Gasteiger partial charge on any atom is -0.320 e. The van der Waals surface area contributed by atoms with Crippen molar-refractivity contribution in [3.8, 4) is 11.4 Å². The van der Waals surface area contributed by atoms with E-state index >= 15 is 0 Å². The van der Waals surface area contributed by atoms with Crippen molar-refractivity contribution < 1.29 is 4.92 Å². The van der Waals surface area contributed by atoms with Crippen LogP contribution in [0.5, 0.6) is 0 Å². The molecule has 0 aliphatic rings. The Morgan fingerprint density at radius 1 is 1.23 bits per heavy atom. The summed E-state index contributed by atoms with van der Waals surface area (Å²) < 4.78 is 1.46. The summed E-state index contributed by atoms with van der Waals surface area (Å²) in [7, 11) is 0. The Labute approximate surface area is 131 Å². The third kappa shape index (κ3) is 2.33. The second kappa shape index (κ2) is 4.81. The third-order valence-corrected chi connectivity index (χ3v) is 3.66. The van der Waals surface area contributed by atoms with E-state index in [2.05, 4.69) is 15.2 Å².